The topological polar surface area (TPSA) is 89.5 Å². The van der Waals surface area contributed by atoms with E-state index in [9.17, 15) is 4.79 Å². The Balaban J connectivity index is 1.53. The highest BCUT2D eigenvalue weighted by Crippen LogP contribution is 2.25. The lowest BCUT2D eigenvalue weighted by Crippen LogP contribution is -2.41. The molecule has 0 aliphatic carbocycles. The van der Waals surface area contributed by atoms with Crippen molar-refractivity contribution in [3.8, 4) is 16.9 Å². The molecule has 0 saturated carbocycles. The van der Waals surface area contributed by atoms with E-state index in [0.29, 0.717) is 31.5 Å². The Kier molecular flexibility index (Phi) is 5.41. The highest BCUT2D eigenvalue weighted by atomic mass is 16.5. The third kappa shape index (κ3) is 4.24. The molecule has 0 spiro atoms. The molecule has 8 heteroatoms. The number of methoxy groups -OCH3 is 1. The Bertz CT molecular complexity index is 988. The number of aromatic nitrogens is 3. The van der Waals surface area contributed by atoms with Gasteiger partial charge in [0.25, 0.3) is 0 Å². The van der Waals surface area contributed by atoms with Gasteiger partial charge >= 0.3 is 0 Å². The zero-order valence-electron chi connectivity index (χ0n) is 15.6. The molecule has 0 atom stereocenters. The van der Waals surface area contributed by atoms with Gasteiger partial charge in [0, 0.05) is 36.4 Å². The number of morpholine rings is 1. The number of nitrogens with one attached hydrogen (secondary N) is 1. The van der Waals surface area contributed by atoms with Crippen LogP contribution in [-0.4, -0.2) is 65.7 Å². The molecule has 4 rings (SSSR count). The van der Waals surface area contributed by atoms with Crippen LogP contribution >= 0.6 is 0 Å². The van der Waals surface area contributed by atoms with Crippen LogP contribution in [0.2, 0.25) is 0 Å². The number of benzene rings is 1. The Morgan fingerprint density at radius 1 is 1.18 bits per heavy atom. The summed E-state index contributed by atoms with van der Waals surface area (Å²) in [7, 11) is 1.61. The quantitative estimate of drug-likeness (QED) is 0.725. The summed E-state index contributed by atoms with van der Waals surface area (Å²) in [6.07, 6.45) is 5.14. The SMILES string of the molecule is COc1cncc(-c2ccc3cnc(NC(=O)CN4CCOCC4)nc3c2)c1. The van der Waals surface area contributed by atoms with Crippen LogP contribution in [0.5, 0.6) is 5.75 Å². The summed E-state index contributed by atoms with van der Waals surface area (Å²) < 4.78 is 10.5. The second-order valence-electron chi connectivity index (χ2n) is 6.52. The summed E-state index contributed by atoms with van der Waals surface area (Å²) in [5, 5.41) is 3.68. The molecule has 144 valence electrons. The maximum atomic E-state index is 12.3. The van der Waals surface area contributed by atoms with Gasteiger partial charge in [0.1, 0.15) is 5.75 Å². The normalized spacial score (nSPS) is 14.8. The fraction of sp³-hybridized carbons (Fsp3) is 0.300. The van der Waals surface area contributed by atoms with Crippen molar-refractivity contribution in [1.29, 1.82) is 0 Å². The number of nitrogens with zero attached hydrogens (tertiary/aromatic N) is 4. The smallest absolute Gasteiger partial charge is 0.240 e. The maximum absolute atomic E-state index is 12.3. The molecule has 8 nitrogen and oxygen atoms in total. The monoisotopic (exact) mass is 379 g/mol. The Morgan fingerprint density at radius 3 is 2.86 bits per heavy atom. The van der Waals surface area contributed by atoms with Crippen molar-refractivity contribution in [2.75, 3.05) is 45.3 Å². The zero-order valence-corrected chi connectivity index (χ0v) is 15.6. The number of pyridine rings is 1. The van der Waals surface area contributed by atoms with Gasteiger partial charge in [-0.2, -0.15) is 0 Å². The van der Waals surface area contributed by atoms with Gasteiger partial charge < -0.3 is 9.47 Å². The summed E-state index contributed by atoms with van der Waals surface area (Å²) in [5.41, 5.74) is 2.64. The molecule has 1 saturated heterocycles. The summed E-state index contributed by atoms with van der Waals surface area (Å²) in [5.74, 6) is 0.859. The Hall–Kier alpha value is -3.10. The molecule has 2 aromatic heterocycles. The molecular weight excluding hydrogens is 358 g/mol. The van der Waals surface area contributed by atoms with Crippen molar-refractivity contribution in [2.45, 2.75) is 0 Å². The van der Waals surface area contributed by atoms with E-state index in [4.69, 9.17) is 9.47 Å². The van der Waals surface area contributed by atoms with E-state index in [1.165, 1.54) is 0 Å². The van der Waals surface area contributed by atoms with E-state index >= 15 is 0 Å². The molecule has 0 unspecified atom stereocenters. The van der Waals surface area contributed by atoms with Crippen LogP contribution in [-0.2, 0) is 9.53 Å². The van der Waals surface area contributed by atoms with Gasteiger partial charge in [0.05, 0.1) is 38.6 Å². The Labute approximate surface area is 162 Å². The van der Waals surface area contributed by atoms with Crippen LogP contribution in [0.3, 0.4) is 0 Å². The third-order valence-corrected chi connectivity index (χ3v) is 4.59. The number of anilines is 1. The minimum Gasteiger partial charge on any atom is -0.495 e. The van der Waals surface area contributed by atoms with E-state index in [-0.39, 0.29) is 5.91 Å². The van der Waals surface area contributed by atoms with Crippen LogP contribution in [0.15, 0.2) is 42.9 Å². The lowest BCUT2D eigenvalue weighted by molar-refractivity contribution is -0.118. The van der Waals surface area contributed by atoms with Gasteiger partial charge in [-0.15, -0.1) is 0 Å². The number of ether oxygens (including phenoxy) is 2. The molecule has 1 amide bonds. The Morgan fingerprint density at radius 2 is 2.04 bits per heavy atom. The zero-order chi connectivity index (χ0) is 19.3. The fourth-order valence-corrected chi connectivity index (χ4v) is 3.08. The largest absolute Gasteiger partial charge is 0.495 e. The number of carbonyl (C=O) groups excluding carboxylic acids is 1. The van der Waals surface area contributed by atoms with Gasteiger partial charge in [0.15, 0.2) is 0 Å². The minimum absolute atomic E-state index is 0.130. The summed E-state index contributed by atoms with van der Waals surface area (Å²) in [4.78, 5) is 27.3. The number of hydrogen-bond acceptors (Lipinski definition) is 7. The second kappa shape index (κ2) is 8.28. The van der Waals surface area contributed by atoms with Crippen molar-refractivity contribution < 1.29 is 14.3 Å². The first-order valence-electron chi connectivity index (χ1n) is 9.07. The molecule has 1 fully saturated rings. The van der Waals surface area contributed by atoms with E-state index in [0.717, 1.165) is 35.1 Å². The molecular formula is C20H21N5O3. The first kappa shape index (κ1) is 18.3. The number of hydrogen-bond donors (Lipinski definition) is 1. The summed E-state index contributed by atoms with van der Waals surface area (Å²) in [6, 6.07) is 7.80. The molecule has 0 radical (unpaired) electrons. The van der Waals surface area contributed by atoms with Crippen molar-refractivity contribution >= 4 is 22.8 Å². The lowest BCUT2D eigenvalue weighted by atomic mass is 10.1. The summed E-state index contributed by atoms with van der Waals surface area (Å²) >= 11 is 0. The highest BCUT2D eigenvalue weighted by Gasteiger charge is 2.15. The third-order valence-electron chi connectivity index (χ3n) is 4.59. The standard InChI is InChI=1S/C20H21N5O3/c1-27-17-8-16(10-21-12-17)14-2-3-15-11-22-20(23-18(15)9-14)24-19(26)13-25-4-6-28-7-5-25/h2-3,8-12H,4-7,13H2,1H3,(H,22,23,24,26). The van der Waals surface area contributed by atoms with Crippen molar-refractivity contribution in [1.82, 2.24) is 19.9 Å². The molecule has 1 N–H and O–H groups in total. The average molecular weight is 379 g/mol. The van der Waals surface area contributed by atoms with Crippen LogP contribution < -0.4 is 10.1 Å². The van der Waals surface area contributed by atoms with Gasteiger partial charge in [-0.25, -0.2) is 9.97 Å². The van der Waals surface area contributed by atoms with Crippen LogP contribution in [0.25, 0.3) is 22.0 Å². The highest BCUT2D eigenvalue weighted by molar-refractivity contribution is 5.92. The molecule has 1 aliphatic rings. The van der Waals surface area contributed by atoms with Gasteiger partial charge in [-0.1, -0.05) is 12.1 Å². The number of amides is 1. The molecule has 1 aliphatic heterocycles. The molecule has 28 heavy (non-hydrogen) atoms. The predicted octanol–water partition coefficient (Wildman–Crippen LogP) is 1.97. The van der Waals surface area contributed by atoms with E-state index in [1.54, 1.807) is 25.7 Å². The number of rotatable bonds is 5. The van der Waals surface area contributed by atoms with Crippen molar-refractivity contribution in [3.63, 3.8) is 0 Å². The number of carbonyl (C=O) groups is 1. The van der Waals surface area contributed by atoms with E-state index in [2.05, 4.69) is 20.3 Å². The van der Waals surface area contributed by atoms with Gasteiger partial charge in [-0.05, 0) is 17.7 Å². The first-order chi connectivity index (χ1) is 13.7. The van der Waals surface area contributed by atoms with Crippen LogP contribution in [0.1, 0.15) is 0 Å². The average Bonchev–Trinajstić information content (AvgIpc) is 2.74. The van der Waals surface area contributed by atoms with E-state index < -0.39 is 0 Å². The van der Waals surface area contributed by atoms with Crippen molar-refractivity contribution in [2.24, 2.45) is 0 Å². The van der Waals surface area contributed by atoms with Crippen LogP contribution in [0, 0.1) is 0 Å². The molecule has 3 aromatic rings. The molecule has 1 aromatic carbocycles. The van der Waals surface area contributed by atoms with Gasteiger partial charge in [0.2, 0.25) is 11.9 Å². The lowest BCUT2D eigenvalue weighted by Gasteiger charge is -2.25. The maximum Gasteiger partial charge on any atom is 0.240 e. The van der Waals surface area contributed by atoms with E-state index in [1.807, 2.05) is 29.2 Å². The number of fused-ring (bicyclic) bond motifs is 1. The second-order valence-corrected chi connectivity index (χ2v) is 6.52. The van der Waals surface area contributed by atoms with Crippen LogP contribution in [0.4, 0.5) is 5.95 Å². The molecule has 3 heterocycles. The molecule has 0 bridgehead atoms. The first-order valence-corrected chi connectivity index (χ1v) is 9.07. The van der Waals surface area contributed by atoms with Crippen molar-refractivity contribution in [3.05, 3.63) is 42.9 Å². The fourth-order valence-electron chi connectivity index (χ4n) is 3.08. The summed E-state index contributed by atoms with van der Waals surface area (Å²) in [6.45, 7) is 3.12. The predicted molar refractivity (Wildman–Crippen MR) is 105 cm³/mol. The van der Waals surface area contributed by atoms with Gasteiger partial charge in [-0.3, -0.25) is 20.0 Å². The minimum atomic E-state index is -0.130.